The van der Waals surface area contributed by atoms with Crippen LogP contribution in [-0.4, -0.2) is 22.0 Å². The van der Waals surface area contributed by atoms with Crippen LogP contribution in [0.15, 0.2) is 49.1 Å². The quantitative estimate of drug-likeness (QED) is 0.845. The average molecular weight is 286 g/mol. The highest BCUT2D eigenvalue weighted by Gasteiger charge is 2.30. The van der Waals surface area contributed by atoms with Crippen LogP contribution in [0.2, 0.25) is 0 Å². The van der Waals surface area contributed by atoms with E-state index in [1.165, 1.54) is 0 Å². The number of nitrogens with one attached hydrogen (secondary N) is 1. The maximum Gasteiger partial charge on any atom is 0.244 e. The van der Waals surface area contributed by atoms with Gasteiger partial charge in [-0.3, -0.25) is 4.79 Å². The first-order valence-electron chi connectivity index (χ1n) is 7.08. The normalized spacial score (nSPS) is 15.2. The summed E-state index contributed by atoms with van der Waals surface area (Å²) in [5.74, 6) is 0.140. The van der Waals surface area contributed by atoms with Crippen molar-refractivity contribution in [3.8, 4) is 0 Å². The summed E-state index contributed by atoms with van der Waals surface area (Å²) in [5.41, 5.74) is 5.97. The SMILES string of the molecule is CC(CNC(=O)C(C)(N)c1ccccc1)Cn1ccnc1. The minimum absolute atomic E-state index is 0.161. The van der Waals surface area contributed by atoms with E-state index in [2.05, 4.69) is 17.2 Å². The fourth-order valence-corrected chi connectivity index (χ4v) is 2.19. The number of benzene rings is 1. The van der Waals surface area contributed by atoms with Crippen LogP contribution < -0.4 is 11.1 Å². The number of carbonyl (C=O) groups is 1. The van der Waals surface area contributed by atoms with E-state index in [9.17, 15) is 4.79 Å². The van der Waals surface area contributed by atoms with Crippen molar-refractivity contribution in [2.75, 3.05) is 6.54 Å². The van der Waals surface area contributed by atoms with E-state index in [4.69, 9.17) is 5.73 Å². The molecule has 0 spiro atoms. The summed E-state index contributed by atoms with van der Waals surface area (Å²) in [5, 5.41) is 2.94. The van der Waals surface area contributed by atoms with Crippen molar-refractivity contribution in [2.24, 2.45) is 11.7 Å². The minimum Gasteiger partial charge on any atom is -0.354 e. The van der Waals surface area contributed by atoms with Crippen molar-refractivity contribution in [1.29, 1.82) is 0 Å². The molecule has 112 valence electrons. The van der Waals surface area contributed by atoms with E-state index >= 15 is 0 Å². The number of carbonyl (C=O) groups excluding carboxylic acids is 1. The molecule has 0 fully saturated rings. The van der Waals surface area contributed by atoms with Gasteiger partial charge in [0.05, 0.1) is 6.33 Å². The molecule has 0 aliphatic carbocycles. The van der Waals surface area contributed by atoms with E-state index < -0.39 is 5.54 Å². The number of hydrogen-bond donors (Lipinski definition) is 2. The van der Waals surface area contributed by atoms with Crippen molar-refractivity contribution in [3.05, 3.63) is 54.6 Å². The van der Waals surface area contributed by atoms with Crippen LogP contribution in [-0.2, 0) is 16.9 Å². The number of rotatable bonds is 6. The van der Waals surface area contributed by atoms with Gasteiger partial charge in [0.2, 0.25) is 5.91 Å². The Hall–Kier alpha value is -2.14. The second-order valence-electron chi connectivity index (χ2n) is 5.64. The Kier molecular flexibility index (Phi) is 4.75. The molecule has 1 aromatic carbocycles. The van der Waals surface area contributed by atoms with Gasteiger partial charge in [0.25, 0.3) is 0 Å². The van der Waals surface area contributed by atoms with Gasteiger partial charge in [-0.2, -0.15) is 0 Å². The minimum atomic E-state index is -1.02. The zero-order valence-corrected chi connectivity index (χ0v) is 12.5. The number of imidazole rings is 1. The highest BCUT2D eigenvalue weighted by molar-refractivity contribution is 5.86. The van der Waals surface area contributed by atoms with E-state index in [-0.39, 0.29) is 5.91 Å². The highest BCUT2D eigenvalue weighted by atomic mass is 16.2. The second-order valence-corrected chi connectivity index (χ2v) is 5.64. The first kappa shape index (κ1) is 15.3. The van der Waals surface area contributed by atoms with Crippen LogP contribution in [0.5, 0.6) is 0 Å². The van der Waals surface area contributed by atoms with Gasteiger partial charge in [-0.25, -0.2) is 4.98 Å². The van der Waals surface area contributed by atoms with Crippen molar-refractivity contribution < 1.29 is 4.79 Å². The van der Waals surface area contributed by atoms with Crippen LogP contribution in [0.1, 0.15) is 19.4 Å². The third kappa shape index (κ3) is 3.92. The summed E-state index contributed by atoms with van der Waals surface area (Å²) in [6.45, 7) is 5.21. The molecule has 21 heavy (non-hydrogen) atoms. The fourth-order valence-electron chi connectivity index (χ4n) is 2.19. The Morgan fingerprint density at radius 1 is 1.43 bits per heavy atom. The number of nitrogens with zero attached hydrogens (tertiary/aromatic N) is 2. The van der Waals surface area contributed by atoms with Crippen LogP contribution in [0.3, 0.4) is 0 Å². The lowest BCUT2D eigenvalue weighted by Crippen LogP contribution is -2.50. The molecule has 0 radical (unpaired) electrons. The molecule has 0 bridgehead atoms. The van der Waals surface area contributed by atoms with Crippen LogP contribution in [0.25, 0.3) is 0 Å². The summed E-state index contributed by atoms with van der Waals surface area (Å²) in [6, 6.07) is 9.42. The van der Waals surface area contributed by atoms with Gasteiger partial charge in [0.15, 0.2) is 0 Å². The lowest BCUT2D eigenvalue weighted by Gasteiger charge is -2.25. The van der Waals surface area contributed by atoms with Crippen molar-refractivity contribution in [2.45, 2.75) is 25.9 Å². The average Bonchev–Trinajstić information content (AvgIpc) is 2.98. The summed E-state index contributed by atoms with van der Waals surface area (Å²) in [6.07, 6.45) is 5.43. The number of hydrogen-bond acceptors (Lipinski definition) is 3. The summed E-state index contributed by atoms with van der Waals surface area (Å²) in [7, 11) is 0. The van der Waals surface area contributed by atoms with Gasteiger partial charge in [-0.1, -0.05) is 37.3 Å². The molecule has 2 unspecified atom stereocenters. The Morgan fingerprint density at radius 3 is 2.76 bits per heavy atom. The lowest BCUT2D eigenvalue weighted by atomic mass is 9.92. The molecule has 2 rings (SSSR count). The van der Waals surface area contributed by atoms with Crippen LogP contribution >= 0.6 is 0 Å². The molecule has 5 heteroatoms. The predicted octanol–water partition coefficient (Wildman–Crippen LogP) is 1.51. The van der Waals surface area contributed by atoms with Crippen molar-refractivity contribution in [3.63, 3.8) is 0 Å². The van der Waals surface area contributed by atoms with E-state index in [1.54, 1.807) is 19.4 Å². The molecule has 0 saturated heterocycles. The molecule has 5 nitrogen and oxygen atoms in total. The largest absolute Gasteiger partial charge is 0.354 e. The Bertz CT molecular complexity index is 563. The van der Waals surface area contributed by atoms with Crippen molar-refractivity contribution >= 4 is 5.91 Å². The summed E-state index contributed by atoms with van der Waals surface area (Å²) in [4.78, 5) is 16.3. The smallest absolute Gasteiger partial charge is 0.244 e. The summed E-state index contributed by atoms with van der Waals surface area (Å²) >= 11 is 0. The van der Waals surface area contributed by atoms with Crippen LogP contribution in [0, 0.1) is 5.92 Å². The Balaban J connectivity index is 1.89. The Labute approximate surface area is 125 Å². The van der Waals surface area contributed by atoms with Gasteiger partial charge in [-0.05, 0) is 18.4 Å². The monoisotopic (exact) mass is 286 g/mol. The van der Waals surface area contributed by atoms with Gasteiger partial charge >= 0.3 is 0 Å². The second kappa shape index (κ2) is 6.54. The molecule has 3 N–H and O–H groups in total. The topological polar surface area (TPSA) is 72.9 Å². The zero-order valence-electron chi connectivity index (χ0n) is 12.5. The predicted molar refractivity (Wildman–Crippen MR) is 82.4 cm³/mol. The number of amides is 1. The molecule has 0 aliphatic rings. The Morgan fingerprint density at radius 2 is 2.14 bits per heavy atom. The van der Waals surface area contributed by atoms with Gasteiger partial charge in [-0.15, -0.1) is 0 Å². The molecule has 1 aromatic heterocycles. The molecule has 1 amide bonds. The third-order valence-electron chi connectivity index (χ3n) is 3.54. The number of aromatic nitrogens is 2. The van der Waals surface area contributed by atoms with Crippen LogP contribution in [0.4, 0.5) is 0 Å². The van der Waals surface area contributed by atoms with Gasteiger partial charge < -0.3 is 15.6 Å². The first-order valence-corrected chi connectivity index (χ1v) is 7.08. The molecular formula is C16H22N4O. The van der Waals surface area contributed by atoms with Gasteiger partial charge in [0.1, 0.15) is 5.54 Å². The molecule has 1 heterocycles. The van der Waals surface area contributed by atoms with Crippen molar-refractivity contribution in [1.82, 2.24) is 14.9 Å². The highest BCUT2D eigenvalue weighted by Crippen LogP contribution is 2.17. The van der Waals surface area contributed by atoms with E-state index in [0.29, 0.717) is 12.5 Å². The number of nitrogens with two attached hydrogens (primary N) is 1. The van der Waals surface area contributed by atoms with E-state index in [1.807, 2.05) is 41.1 Å². The maximum atomic E-state index is 12.3. The molecule has 0 saturated carbocycles. The third-order valence-corrected chi connectivity index (χ3v) is 3.54. The molecule has 0 aliphatic heterocycles. The molecular weight excluding hydrogens is 264 g/mol. The van der Waals surface area contributed by atoms with E-state index in [0.717, 1.165) is 12.1 Å². The van der Waals surface area contributed by atoms with Gasteiger partial charge in [0, 0.05) is 25.5 Å². The summed E-state index contributed by atoms with van der Waals surface area (Å²) < 4.78 is 2.00. The first-order chi connectivity index (χ1) is 10.00. The standard InChI is InChI=1S/C16H22N4O/c1-13(11-20-9-8-18-12-20)10-19-15(21)16(2,17)14-6-4-3-5-7-14/h3-9,12-13H,10-11,17H2,1-2H3,(H,19,21). The fraction of sp³-hybridized carbons (Fsp3) is 0.375. The molecule has 2 atom stereocenters. The lowest BCUT2D eigenvalue weighted by molar-refractivity contribution is -0.126. The molecule has 2 aromatic rings. The maximum absolute atomic E-state index is 12.3. The zero-order chi connectivity index (χ0) is 15.3.